The van der Waals surface area contributed by atoms with E-state index in [4.69, 9.17) is 16.3 Å². The van der Waals surface area contributed by atoms with Gasteiger partial charge in [-0.05, 0) is 59.1 Å². The fourth-order valence-corrected chi connectivity index (χ4v) is 5.96. The zero-order valence-electron chi connectivity index (χ0n) is 21.9. The van der Waals surface area contributed by atoms with Gasteiger partial charge in [0.2, 0.25) is 5.95 Å². The number of aliphatic hydroxyl groups excluding tert-OH is 1. The highest BCUT2D eigenvalue weighted by Crippen LogP contribution is 2.38. The first-order chi connectivity index (χ1) is 17.9. The van der Waals surface area contributed by atoms with E-state index in [1.807, 2.05) is 13.8 Å². The van der Waals surface area contributed by atoms with E-state index >= 15 is 4.39 Å². The van der Waals surface area contributed by atoms with Crippen molar-refractivity contribution in [1.82, 2.24) is 24.4 Å². The highest BCUT2D eigenvalue weighted by Gasteiger charge is 2.49. The smallest absolute Gasteiger partial charge is 0.410 e. The molecule has 0 radical (unpaired) electrons. The Kier molecular flexibility index (Phi) is 6.73. The highest BCUT2D eigenvalue weighted by molar-refractivity contribution is 6.33. The van der Waals surface area contributed by atoms with Crippen LogP contribution in [0, 0.1) is 5.82 Å². The number of rotatable bonds is 5. The zero-order valence-corrected chi connectivity index (χ0v) is 22.7. The number of amides is 1. The lowest BCUT2D eigenvalue weighted by molar-refractivity contribution is 0.00613. The highest BCUT2D eigenvalue weighted by atomic mass is 35.5. The molecule has 1 aromatic carbocycles. The summed E-state index contributed by atoms with van der Waals surface area (Å²) in [5, 5.41) is 25.1. The quantitative estimate of drug-likeness (QED) is 0.434. The summed E-state index contributed by atoms with van der Waals surface area (Å²) in [7, 11) is 1.33. The Balaban J connectivity index is 1.49. The number of carbonyl (C=O) groups excluding carboxylic acids is 1. The van der Waals surface area contributed by atoms with Crippen LogP contribution in [0.25, 0.3) is 22.3 Å². The van der Waals surface area contributed by atoms with E-state index < -0.39 is 29.7 Å². The van der Waals surface area contributed by atoms with Crippen molar-refractivity contribution in [2.45, 2.75) is 82.8 Å². The van der Waals surface area contributed by atoms with Crippen LogP contribution in [0.5, 0.6) is 0 Å². The summed E-state index contributed by atoms with van der Waals surface area (Å²) in [5.74, 6) is 0.0276. The number of ether oxygens (including phenoxy) is 1. The predicted octanol–water partition coefficient (Wildman–Crippen LogP) is 4.24. The molecule has 2 fully saturated rings. The van der Waals surface area contributed by atoms with E-state index in [1.165, 1.54) is 19.4 Å². The van der Waals surface area contributed by atoms with Gasteiger partial charge in [-0.15, -0.1) is 0 Å². The zero-order chi connectivity index (χ0) is 27.5. The molecule has 3 N–H and O–H groups in total. The molecule has 3 aromatic rings. The first kappa shape index (κ1) is 26.6. The Labute approximate surface area is 224 Å². The molecule has 5 rings (SSSR count). The van der Waals surface area contributed by atoms with Crippen LogP contribution in [0.2, 0.25) is 5.02 Å². The van der Waals surface area contributed by atoms with Crippen molar-refractivity contribution in [1.29, 1.82) is 0 Å². The third-order valence-electron chi connectivity index (χ3n) is 7.41. The van der Waals surface area contributed by atoms with E-state index in [0.29, 0.717) is 35.4 Å². The van der Waals surface area contributed by atoms with Gasteiger partial charge in [-0.2, -0.15) is 0 Å². The average molecular weight is 547 g/mol. The molecule has 2 saturated heterocycles. The number of aromatic nitrogens is 4. The number of nitrogens with zero attached hydrogens (tertiary/aromatic N) is 5. The Morgan fingerprint density at radius 3 is 2.68 bits per heavy atom. The number of fused-ring (bicyclic) bond motifs is 3. The summed E-state index contributed by atoms with van der Waals surface area (Å²) in [6, 6.07) is 2.17. The summed E-state index contributed by atoms with van der Waals surface area (Å²) in [6.07, 6.45) is 2.11. The summed E-state index contributed by atoms with van der Waals surface area (Å²) in [6.45, 7) is 7.10. The first-order valence-corrected chi connectivity index (χ1v) is 13.1. The molecule has 0 aliphatic carbocycles. The molecule has 12 heteroatoms. The number of carbonyl (C=O) groups is 1. The second kappa shape index (κ2) is 9.62. The molecule has 10 nitrogen and oxygen atoms in total. The number of imidazole rings is 1. The van der Waals surface area contributed by atoms with Crippen molar-refractivity contribution < 1.29 is 24.1 Å². The van der Waals surface area contributed by atoms with Crippen LogP contribution in [-0.4, -0.2) is 72.1 Å². The third kappa shape index (κ3) is 4.46. The maximum Gasteiger partial charge on any atom is 0.410 e. The molecule has 1 unspecified atom stereocenters. The number of benzene rings is 1. The fourth-order valence-electron chi connectivity index (χ4n) is 5.76. The largest absolute Gasteiger partial charge is 0.453 e. The van der Waals surface area contributed by atoms with Gasteiger partial charge in [-0.1, -0.05) is 11.6 Å². The Hall–Kier alpha value is -3.02. The van der Waals surface area contributed by atoms with E-state index in [-0.39, 0.29) is 34.6 Å². The van der Waals surface area contributed by atoms with Crippen LogP contribution < -0.4 is 5.32 Å². The molecule has 2 bridgehead atoms. The van der Waals surface area contributed by atoms with Gasteiger partial charge in [0.1, 0.15) is 16.9 Å². The minimum atomic E-state index is -1.27. The molecular weight excluding hydrogens is 515 g/mol. The van der Waals surface area contributed by atoms with Crippen molar-refractivity contribution in [3.63, 3.8) is 0 Å². The van der Waals surface area contributed by atoms with E-state index in [9.17, 15) is 15.0 Å². The Morgan fingerprint density at radius 2 is 2.03 bits per heavy atom. The maximum absolute atomic E-state index is 15.3. The number of piperidine rings is 1. The second-order valence-corrected chi connectivity index (χ2v) is 11.2. The van der Waals surface area contributed by atoms with Gasteiger partial charge in [0, 0.05) is 17.6 Å². The van der Waals surface area contributed by atoms with Gasteiger partial charge in [0.25, 0.3) is 0 Å². The SMILES string of the molecule is COC(=O)N1[C@@H]2CC[C@H]1[C@@H](O)C(Nc1ncc(Cl)c(-c3cc(F)c4nc(C(C)(C)O)n(C(C)C)c4c3)n1)C2. The average Bonchev–Trinajstić information content (AvgIpc) is 3.42. The standard InChI is InChI=1S/C26H32ClFN6O4/c1-12(2)33-19-9-13(8-16(28)21(19)31-23(33)26(3,4)37)20-15(27)11-29-24(32-20)30-17-10-14-6-7-18(22(17)35)34(14)25(36)38-5/h8-9,11-12,14,17-18,22,35,37H,6-7,10H2,1-5H3,(H,29,30,32)/t14-,17?,18+,22+/m1/s1. The van der Waals surface area contributed by atoms with Crippen molar-refractivity contribution in [2.75, 3.05) is 12.4 Å². The van der Waals surface area contributed by atoms with E-state index in [0.717, 1.165) is 6.42 Å². The van der Waals surface area contributed by atoms with Crippen molar-refractivity contribution in [3.8, 4) is 11.3 Å². The van der Waals surface area contributed by atoms with Gasteiger partial charge in [-0.3, -0.25) is 4.90 Å². The molecular formula is C26H32ClFN6O4. The number of nitrogens with one attached hydrogen (secondary N) is 1. The summed E-state index contributed by atoms with van der Waals surface area (Å²) < 4.78 is 22.0. The molecule has 2 aromatic heterocycles. The Morgan fingerprint density at radius 1 is 1.29 bits per heavy atom. The fraction of sp³-hybridized carbons (Fsp3) is 0.538. The molecule has 1 amide bonds. The van der Waals surface area contributed by atoms with Crippen LogP contribution in [0.4, 0.5) is 15.1 Å². The van der Waals surface area contributed by atoms with Crippen molar-refractivity contribution in [3.05, 3.63) is 35.0 Å². The van der Waals surface area contributed by atoms with Gasteiger partial charge in [0.05, 0.1) is 47.7 Å². The van der Waals surface area contributed by atoms with Gasteiger partial charge >= 0.3 is 6.09 Å². The van der Waals surface area contributed by atoms with E-state index in [1.54, 1.807) is 29.4 Å². The van der Waals surface area contributed by atoms with Gasteiger partial charge in [-0.25, -0.2) is 24.1 Å². The van der Waals surface area contributed by atoms with Crippen LogP contribution in [0.15, 0.2) is 18.3 Å². The molecule has 4 atom stereocenters. The third-order valence-corrected chi connectivity index (χ3v) is 7.69. The minimum Gasteiger partial charge on any atom is -0.453 e. The first-order valence-electron chi connectivity index (χ1n) is 12.7. The van der Waals surface area contributed by atoms with Crippen molar-refractivity contribution in [2.24, 2.45) is 0 Å². The molecule has 4 heterocycles. The summed E-state index contributed by atoms with van der Waals surface area (Å²) >= 11 is 6.47. The van der Waals surface area contributed by atoms with Crippen LogP contribution in [0.3, 0.4) is 0 Å². The molecule has 2 aliphatic rings. The minimum absolute atomic E-state index is 0.0575. The number of hydrogen-bond acceptors (Lipinski definition) is 8. The molecule has 38 heavy (non-hydrogen) atoms. The summed E-state index contributed by atoms with van der Waals surface area (Å²) in [4.78, 5) is 27.1. The Bertz CT molecular complexity index is 1390. The molecule has 2 aliphatic heterocycles. The van der Waals surface area contributed by atoms with Crippen molar-refractivity contribution >= 4 is 34.7 Å². The lowest BCUT2D eigenvalue weighted by atomic mass is 9.95. The van der Waals surface area contributed by atoms with E-state index in [2.05, 4.69) is 20.3 Å². The van der Waals surface area contributed by atoms with Crippen LogP contribution in [0.1, 0.15) is 58.8 Å². The normalized spacial score (nSPS) is 23.4. The van der Waals surface area contributed by atoms with Crippen LogP contribution in [-0.2, 0) is 10.3 Å². The number of methoxy groups -OCH3 is 1. The van der Waals surface area contributed by atoms with Gasteiger partial charge < -0.3 is 24.8 Å². The predicted molar refractivity (Wildman–Crippen MR) is 140 cm³/mol. The maximum atomic E-state index is 15.3. The van der Waals surface area contributed by atoms with Crippen LogP contribution >= 0.6 is 11.6 Å². The van der Waals surface area contributed by atoms with Gasteiger partial charge in [0.15, 0.2) is 5.82 Å². The second-order valence-electron chi connectivity index (χ2n) is 10.8. The number of anilines is 1. The molecule has 204 valence electrons. The monoisotopic (exact) mass is 546 g/mol. The molecule has 0 spiro atoms. The number of hydrogen-bond donors (Lipinski definition) is 3. The number of aliphatic hydroxyl groups is 2. The lowest BCUT2D eigenvalue weighted by Gasteiger charge is -2.41. The summed E-state index contributed by atoms with van der Waals surface area (Å²) in [5.41, 5.74) is 0.132. The topological polar surface area (TPSA) is 126 Å². The molecule has 0 saturated carbocycles. The number of halogens is 2. The lowest BCUT2D eigenvalue weighted by Crippen LogP contribution is -2.58.